The fourth-order valence-corrected chi connectivity index (χ4v) is 1.89. The van der Waals surface area contributed by atoms with Gasteiger partial charge >= 0.3 is 5.97 Å². The van der Waals surface area contributed by atoms with E-state index < -0.39 is 18.4 Å². The highest BCUT2D eigenvalue weighted by molar-refractivity contribution is 6.36. The third-order valence-electron chi connectivity index (χ3n) is 2.47. The minimum atomic E-state index is -0.848. The van der Waals surface area contributed by atoms with Gasteiger partial charge in [0.05, 0.1) is 5.02 Å². The van der Waals surface area contributed by atoms with Crippen molar-refractivity contribution in [2.24, 2.45) is 16.5 Å². The van der Waals surface area contributed by atoms with Crippen molar-refractivity contribution >= 4 is 40.8 Å². The second kappa shape index (κ2) is 7.66. The van der Waals surface area contributed by atoms with Crippen LogP contribution in [0.4, 0.5) is 0 Å². The summed E-state index contributed by atoms with van der Waals surface area (Å²) in [4.78, 5) is 27.2. The summed E-state index contributed by atoms with van der Waals surface area (Å²) in [6.07, 6.45) is 0.963. The van der Waals surface area contributed by atoms with Gasteiger partial charge in [0.1, 0.15) is 11.4 Å². The lowest BCUT2D eigenvalue weighted by atomic mass is 10.1. The average molecular weight is 330 g/mol. The van der Waals surface area contributed by atoms with Crippen LogP contribution in [0.25, 0.3) is 0 Å². The number of aliphatic imine (C=N–C) groups is 1. The van der Waals surface area contributed by atoms with Crippen LogP contribution >= 0.6 is 23.2 Å². The van der Waals surface area contributed by atoms with E-state index in [1.165, 1.54) is 25.2 Å². The number of nitrogens with two attached hydrogens (primary N) is 2. The molecule has 0 spiro atoms. The molecular formula is C13H13Cl2N3O3. The van der Waals surface area contributed by atoms with Crippen LogP contribution in [-0.2, 0) is 9.53 Å². The molecule has 0 saturated carbocycles. The lowest BCUT2D eigenvalue weighted by molar-refractivity contribution is -0.137. The number of halogens is 2. The van der Waals surface area contributed by atoms with E-state index >= 15 is 0 Å². The maximum absolute atomic E-state index is 11.9. The van der Waals surface area contributed by atoms with E-state index in [2.05, 4.69) is 4.99 Å². The van der Waals surface area contributed by atoms with Gasteiger partial charge < -0.3 is 16.2 Å². The van der Waals surface area contributed by atoms with Gasteiger partial charge in [0.25, 0.3) is 0 Å². The summed E-state index contributed by atoms with van der Waals surface area (Å²) in [6, 6.07) is 4.38. The molecule has 112 valence electrons. The molecule has 0 fully saturated rings. The van der Waals surface area contributed by atoms with Crippen molar-refractivity contribution in [3.8, 4) is 0 Å². The Morgan fingerprint density at radius 2 is 2.05 bits per heavy atom. The molecule has 1 aromatic carbocycles. The molecule has 0 atom stereocenters. The summed E-state index contributed by atoms with van der Waals surface area (Å²) in [5, 5.41) is 0.571. The number of ketones is 1. The first-order chi connectivity index (χ1) is 9.90. The first-order valence-corrected chi connectivity index (χ1v) is 6.46. The van der Waals surface area contributed by atoms with Gasteiger partial charge in [-0.15, -0.1) is 0 Å². The molecule has 0 aliphatic rings. The summed E-state index contributed by atoms with van der Waals surface area (Å²) in [7, 11) is 1.39. The number of carbonyl (C=O) groups is 2. The summed E-state index contributed by atoms with van der Waals surface area (Å²) >= 11 is 11.6. The van der Waals surface area contributed by atoms with Gasteiger partial charge in [-0.1, -0.05) is 23.2 Å². The number of benzene rings is 1. The Morgan fingerprint density at radius 3 is 2.57 bits per heavy atom. The molecule has 0 saturated heterocycles. The highest BCUT2D eigenvalue weighted by Gasteiger charge is 2.18. The summed E-state index contributed by atoms with van der Waals surface area (Å²) in [5.41, 5.74) is 10.8. The molecule has 0 radical (unpaired) electrons. The van der Waals surface area contributed by atoms with Crippen molar-refractivity contribution < 1.29 is 14.3 Å². The lowest BCUT2D eigenvalue weighted by Crippen LogP contribution is -2.25. The summed E-state index contributed by atoms with van der Waals surface area (Å²) < 4.78 is 4.83. The zero-order valence-corrected chi connectivity index (χ0v) is 12.6. The summed E-state index contributed by atoms with van der Waals surface area (Å²) in [6.45, 7) is -0.505. The zero-order chi connectivity index (χ0) is 16.0. The number of Topliss-reactive ketones (excluding diaryl/α,β-unsaturated/α-hetero) is 1. The lowest BCUT2D eigenvalue weighted by Gasteiger charge is -2.07. The molecule has 0 amide bonds. The van der Waals surface area contributed by atoms with Gasteiger partial charge in [0, 0.05) is 23.8 Å². The molecule has 8 heteroatoms. The minimum Gasteiger partial charge on any atom is -0.454 e. The van der Waals surface area contributed by atoms with Gasteiger partial charge in [-0.2, -0.15) is 0 Å². The number of amidine groups is 1. The van der Waals surface area contributed by atoms with Crippen LogP contribution in [0, 0.1) is 0 Å². The first-order valence-electron chi connectivity index (χ1n) is 5.70. The predicted octanol–water partition coefficient (Wildman–Crippen LogP) is 1.55. The van der Waals surface area contributed by atoms with Crippen molar-refractivity contribution in [2.75, 3.05) is 13.7 Å². The predicted molar refractivity (Wildman–Crippen MR) is 81.6 cm³/mol. The highest BCUT2D eigenvalue weighted by Crippen LogP contribution is 2.21. The standard InChI is InChI=1S/C13H13Cl2N3O3/c1-18-12(17)9(5-16)13(20)21-6-11(19)8-3-2-7(14)4-10(8)15/h2-5H,6,16H2,1H3,(H2,17,18). The van der Waals surface area contributed by atoms with Gasteiger partial charge in [-0.3, -0.25) is 9.79 Å². The second-order valence-corrected chi connectivity index (χ2v) is 4.66. The number of esters is 1. The van der Waals surface area contributed by atoms with Crippen LogP contribution in [0.3, 0.4) is 0 Å². The Bertz CT molecular complexity index is 627. The molecular weight excluding hydrogens is 317 g/mol. The number of ether oxygens (including phenoxy) is 1. The largest absolute Gasteiger partial charge is 0.454 e. The van der Waals surface area contributed by atoms with E-state index in [9.17, 15) is 9.59 Å². The van der Waals surface area contributed by atoms with Crippen LogP contribution in [0.5, 0.6) is 0 Å². The van der Waals surface area contributed by atoms with E-state index in [1.807, 2.05) is 0 Å². The number of carbonyl (C=O) groups excluding carboxylic acids is 2. The molecule has 0 aromatic heterocycles. The molecule has 1 aromatic rings. The van der Waals surface area contributed by atoms with Gasteiger partial charge in [0.15, 0.2) is 6.61 Å². The smallest absolute Gasteiger partial charge is 0.343 e. The van der Waals surface area contributed by atoms with Gasteiger partial charge in [0.2, 0.25) is 5.78 Å². The maximum Gasteiger partial charge on any atom is 0.343 e. The summed E-state index contributed by atoms with van der Waals surface area (Å²) in [5.74, 6) is -1.41. The van der Waals surface area contributed by atoms with Gasteiger partial charge in [-0.05, 0) is 18.2 Å². The first kappa shape index (κ1) is 17.0. The fourth-order valence-electron chi connectivity index (χ4n) is 1.38. The number of rotatable bonds is 5. The molecule has 0 aliphatic carbocycles. The van der Waals surface area contributed by atoms with Crippen LogP contribution in [0.15, 0.2) is 35.0 Å². The average Bonchev–Trinajstić information content (AvgIpc) is 2.45. The monoisotopic (exact) mass is 329 g/mol. The highest BCUT2D eigenvalue weighted by atomic mass is 35.5. The number of hydrogen-bond acceptors (Lipinski definition) is 5. The topological polar surface area (TPSA) is 108 Å². The number of hydrogen-bond donors (Lipinski definition) is 2. The number of nitrogens with zero attached hydrogens (tertiary/aromatic N) is 1. The van der Waals surface area contributed by atoms with E-state index in [4.69, 9.17) is 39.4 Å². The van der Waals surface area contributed by atoms with Gasteiger partial charge in [-0.25, -0.2) is 4.79 Å². The normalized spacial score (nSPS) is 12.1. The minimum absolute atomic E-state index is 0.0838. The van der Waals surface area contributed by atoms with Crippen LogP contribution in [0.2, 0.25) is 10.0 Å². The third-order valence-corrected chi connectivity index (χ3v) is 3.02. The molecule has 4 N–H and O–H groups in total. The SMILES string of the molecule is CN=C(N)C(=CN)C(=O)OCC(=O)c1ccc(Cl)cc1Cl. The van der Waals surface area contributed by atoms with Crippen molar-refractivity contribution in [3.05, 3.63) is 45.6 Å². The van der Waals surface area contributed by atoms with Crippen LogP contribution in [0.1, 0.15) is 10.4 Å². The maximum atomic E-state index is 11.9. The Balaban J connectivity index is 2.75. The van der Waals surface area contributed by atoms with Crippen molar-refractivity contribution in [1.29, 1.82) is 0 Å². The Labute approximate surface area is 131 Å². The van der Waals surface area contributed by atoms with E-state index in [0.717, 1.165) is 6.20 Å². The molecule has 0 unspecified atom stereocenters. The Morgan fingerprint density at radius 1 is 1.38 bits per heavy atom. The fraction of sp³-hybridized carbons (Fsp3) is 0.154. The molecule has 6 nitrogen and oxygen atoms in total. The zero-order valence-electron chi connectivity index (χ0n) is 11.1. The van der Waals surface area contributed by atoms with Crippen molar-refractivity contribution in [3.63, 3.8) is 0 Å². The Kier molecular flexibility index (Phi) is 6.20. The van der Waals surface area contributed by atoms with E-state index in [1.54, 1.807) is 0 Å². The molecule has 21 heavy (non-hydrogen) atoms. The second-order valence-electron chi connectivity index (χ2n) is 3.81. The van der Waals surface area contributed by atoms with E-state index in [-0.39, 0.29) is 22.0 Å². The van der Waals surface area contributed by atoms with Crippen LogP contribution < -0.4 is 11.5 Å². The third kappa shape index (κ3) is 4.47. The molecule has 1 rings (SSSR count). The van der Waals surface area contributed by atoms with Crippen LogP contribution in [-0.4, -0.2) is 31.2 Å². The molecule has 0 heterocycles. The molecule has 0 bridgehead atoms. The molecule has 0 aliphatic heterocycles. The van der Waals surface area contributed by atoms with E-state index in [0.29, 0.717) is 5.02 Å². The van der Waals surface area contributed by atoms with Crippen molar-refractivity contribution in [2.45, 2.75) is 0 Å². The van der Waals surface area contributed by atoms with Crippen molar-refractivity contribution in [1.82, 2.24) is 0 Å². The Hall–Kier alpha value is -2.05. The quantitative estimate of drug-likeness (QED) is 0.280.